The molecule has 3 rings (SSSR count). The number of benzene rings is 2. The van der Waals surface area contributed by atoms with Crippen molar-refractivity contribution in [1.29, 1.82) is 0 Å². The molecule has 1 aliphatic rings. The Morgan fingerprint density at radius 2 is 1.92 bits per heavy atom. The summed E-state index contributed by atoms with van der Waals surface area (Å²) in [5, 5.41) is 0. The van der Waals surface area contributed by atoms with Gasteiger partial charge in [0.1, 0.15) is 6.61 Å². The zero-order valence-corrected chi connectivity index (χ0v) is 14.8. The molecule has 0 amide bonds. The number of hydrogen-bond acceptors (Lipinski definition) is 5. The molecule has 1 atom stereocenters. The summed E-state index contributed by atoms with van der Waals surface area (Å²) < 4.78 is 38.7. The molecule has 25 heavy (non-hydrogen) atoms. The number of Topliss-reactive ketones (excluding diaryl/α,β-unsaturated/α-hetero) is 1. The van der Waals surface area contributed by atoms with Crippen LogP contribution in [0.3, 0.4) is 0 Å². The van der Waals surface area contributed by atoms with Crippen molar-refractivity contribution in [3.05, 3.63) is 53.6 Å². The van der Waals surface area contributed by atoms with E-state index in [2.05, 4.69) is 4.72 Å². The van der Waals surface area contributed by atoms with Crippen LogP contribution in [0.4, 0.5) is 0 Å². The highest BCUT2D eigenvalue weighted by Gasteiger charge is 2.27. The Morgan fingerprint density at radius 3 is 2.56 bits per heavy atom. The van der Waals surface area contributed by atoms with Gasteiger partial charge in [-0.2, -0.15) is 0 Å². The van der Waals surface area contributed by atoms with Crippen molar-refractivity contribution in [2.24, 2.45) is 0 Å². The molecule has 0 saturated heterocycles. The number of fused-ring (bicyclic) bond motifs is 1. The number of methoxy groups -OCH3 is 1. The van der Waals surface area contributed by atoms with Gasteiger partial charge in [0, 0.05) is 5.56 Å². The van der Waals surface area contributed by atoms with Crippen LogP contribution in [0.1, 0.15) is 22.8 Å². The van der Waals surface area contributed by atoms with Crippen molar-refractivity contribution in [2.45, 2.75) is 24.3 Å². The number of ether oxygens (including phenoxy) is 2. The molecule has 2 aromatic carbocycles. The quantitative estimate of drug-likeness (QED) is 0.826. The van der Waals surface area contributed by atoms with Gasteiger partial charge in [-0.25, -0.2) is 13.1 Å². The van der Waals surface area contributed by atoms with E-state index in [4.69, 9.17) is 9.47 Å². The monoisotopic (exact) mass is 361 g/mol. The van der Waals surface area contributed by atoms with E-state index in [9.17, 15) is 13.2 Å². The molecule has 132 valence electrons. The van der Waals surface area contributed by atoms with Crippen LogP contribution < -0.4 is 14.2 Å². The Balaban J connectivity index is 1.76. The zero-order valence-electron chi connectivity index (χ0n) is 14.0. The molecule has 0 unspecified atom stereocenters. The predicted molar refractivity (Wildman–Crippen MR) is 92.7 cm³/mol. The summed E-state index contributed by atoms with van der Waals surface area (Å²) in [5.41, 5.74) is 1.37. The first-order chi connectivity index (χ1) is 11.9. The van der Waals surface area contributed by atoms with E-state index in [0.717, 1.165) is 5.56 Å². The average Bonchev–Trinajstić information content (AvgIpc) is 2.60. The standard InChI is InChI=1S/C18H19NO5S/c1-12(20)13-6-8-16(9-7-13)25(21,22)19-15-10-14-4-3-5-17(23-2)18(14)24-11-15/h3-9,15,19H,10-11H2,1-2H3/t15-/m0/s1. The third kappa shape index (κ3) is 3.67. The lowest BCUT2D eigenvalue weighted by atomic mass is 10.0. The topological polar surface area (TPSA) is 81.7 Å². The van der Waals surface area contributed by atoms with Gasteiger partial charge in [-0.1, -0.05) is 24.3 Å². The molecule has 0 spiro atoms. The second-order valence-corrected chi connectivity index (χ2v) is 7.58. The van der Waals surface area contributed by atoms with Crippen LogP contribution in [-0.2, 0) is 16.4 Å². The summed E-state index contributed by atoms with van der Waals surface area (Å²) in [6.07, 6.45) is 0.511. The van der Waals surface area contributed by atoms with E-state index >= 15 is 0 Å². The molecule has 1 aliphatic heterocycles. The molecule has 0 saturated carbocycles. The smallest absolute Gasteiger partial charge is 0.240 e. The minimum Gasteiger partial charge on any atom is -0.493 e. The van der Waals surface area contributed by atoms with E-state index in [1.54, 1.807) is 13.2 Å². The third-order valence-electron chi connectivity index (χ3n) is 4.07. The van der Waals surface area contributed by atoms with Gasteiger partial charge in [-0.05, 0) is 37.1 Å². The number of para-hydroxylation sites is 1. The molecule has 0 radical (unpaired) electrons. The van der Waals surface area contributed by atoms with Crippen molar-refractivity contribution in [3.8, 4) is 11.5 Å². The van der Waals surface area contributed by atoms with Crippen LogP contribution in [0.15, 0.2) is 47.4 Å². The van der Waals surface area contributed by atoms with Crippen LogP contribution >= 0.6 is 0 Å². The van der Waals surface area contributed by atoms with E-state index < -0.39 is 10.0 Å². The molecule has 0 fully saturated rings. The highest BCUT2D eigenvalue weighted by molar-refractivity contribution is 7.89. The van der Waals surface area contributed by atoms with E-state index in [1.807, 2.05) is 12.1 Å². The SMILES string of the molecule is COc1cccc2c1OC[C@@H](NS(=O)(=O)c1ccc(C(C)=O)cc1)C2. The summed E-state index contributed by atoms with van der Waals surface area (Å²) in [5.74, 6) is 1.19. The van der Waals surface area contributed by atoms with Crippen molar-refractivity contribution in [1.82, 2.24) is 4.72 Å². The van der Waals surface area contributed by atoms with Crippen molar-refractivity contribution in [3.63, 3.8) is 0 Å². The summed E-state index contributed by atoms with van der Waals surface area (Å²) in [7, 11) is -2.13. The van der Waals surface area contributed by atoms with E-state index in [1.165, 1.54) is 31.2 Å². The summed E-state index contributed by atoms with van der Waals surface area (Å²) >= 11 is 0. The van der Waals surface area contributed by atoms with Crippen molar-refractivity contribution in [2.75, 3.05) is 13.7 Å². The first-order valence-electron chi connectivity index (χ1n) is 7.82. The maximum atomic E-state index is 12.5. The molecule has 0 bridgehead atoms. The Morgan fingerprint density at radius 1 is 1.20 bits per heavy atom. The Labute approximate surface area is 146 Å². The van der Waals surface area contributed by atoms with Gasteiger partial charge in [0.15, 0.2) is 17.3 Å². The third-order valence-corrected chi connectivity index (χ3v) is 5.60. The lowest BCUT2D eigenvalue weighted by Crippen LogP contribution is -2.42. The van der Waals surface area contributed by atoms with Gasteiger partial charge < -0.3 is 9.47 Å². The molecular formula is C18H19NO5S. The maximum absolute atomic E-state index is 12.5. The normalized spacial score (nSPS) is 16.6. The first kappa shape index (κ1) is 17.4. The second-order valence-electron chi connectivity index (χ2n) is 5.86. The molecule has 6 nitrogen and oxygen atoms in total. The van der Waals surface area contributed by atoms with Crippen LogP contribution in [0, 0.1) is 0 Å². The lowest BCUT2D eigenvalue weighted by Gasteiger charge is -2.27. The molecule has 1 N–H and O–H groups in total. The van der Waals surface area contributed by atoms with Crippen LogP contribution in [0.25, 0.3) is 0 Å². The minimum atomic E-state index is -3.69. The van der Waals surface area contributed by atoms with E-state index in [-0.39, 0.29) is 23.3 Å². The van der Waals surface area contributed by atoms with Crippen LogP contribution in [0.5, 0.6) is 11.5 Å². The Bertz CT molecular complexity index is 890. The number of ketones is 1. The number of carbonyl (C=O) groups is 1. The van der Waals surface area contributed by atoms with E-state index in [0.29, 0.717) is 23.5 Å². The highest BCUT2D eigenvalue weighted by atomic mass is 32.2. The van der Waals surface area contributed by atoms with Crippen molar-refractivity contribution < 1.29 is 22.7 Å². The molecule has 7 heteroatoms. The fraction of sp³-hybridized carbons (Fsp3) is 0.278. The fourth-order valence-corrected chi connectivity index (χ4v) is 4.01. The van der Waals surface area contributed by atoms with Crippen LogP contribution in [-0.4, -0.2) is 34.0 Å². The molecule has 0 aliphatic carbocycles. The molecular weight excluding hydrogens is 342 g/mol. The number of sulfonamides is 1. The van der Waals surface area contributed by atoms with Gasteiger partial charge in [0.05, 0.1) is 18.0 Å². The molecule has 0 aromatic heterocycles. The number of hydrogen-bond donors (Lipinski definition) is 1. The Kier molecular flexibility index (Phi) is 4.78. The first-order valence-corrected chi connectivity index (χ1v) is 9.31. The maximum Gasteiger partial charge on any atom is 0.240 e. The Hall–Kier alpha value is -2.38. The van der Waals surface area contributed by atoms with Gasteiger partial charge in [0.2, 0.25) is 10.0 Å². The van der Waals surface area contributed by atoms with Gasteiger partial charge in [-0.3, -0.25) is 4.79 Å². The number of nitrogens with one attached hydrogen (secondary N) is 1. The summed E-state index contributed by atoms with van der Waals surface area (Å²) in [6.45, 7) is 1.66. The highest BCUT2D eigenvalue weighted by Crippen LogP contribution is 2.34. The predicted octanol–water partition coefficient (Wildman–Crippen LogP) is 2.18. The average molecular weight is 361 g/mol. The van der Waals surface area contributed by atoms with Gasteiger partial charge >= 0.3 is 0 Å². The largest absolute Gasteiger partial charge is 0.493 e. The molecule has 1 heterocycles. The van der Waals surface area contributed by atoms with Crippen LogP contribution in [0.2, 0.25) is 0 Å². The fourth-order valence-electron chi connectivity index (χ4n) is 2.79. The lowest BCUT2D eigenvalue weighted by molar-refractivity contribution is 0.101. The minimum absolute atomic E-state index is 0.108. The number of carbonyl (C=O) groups excluding carboxylic acids is 1. The van der Waals surface area contributed by atoms with Gasteiger partial charge in [0.25, 0.3) is 0 Å². The zero-order chi connectivity index (χ0) is 18.0. The summed E-state index contributed by atoms with van der Waals surface area (Å²) in [4.78, 5) is 11.4. The molecule has 2 aromatic rings. The van der Waals surface area contributed by atoms with Gasteiger partial charge in [-0.15, -0.1) is 0 Å². The van der Waals surface area contributed by atoms with Crippen molar-refractivity contribution >= 4 is 15.8 Å². The second kappa shape index (κ2) is 6.85. The summed E-state index contributed by atoms with van der Waals surface area (Å²) in [6, 6.07) is 11.0. The number of rotatable bonds is 5.